The molecule has 1 aliphatic heterocycles. The van der Waals surface area contributed by atoms with Crippen molar-refractivity contribution in [1.29, 1.82) is 0 Å². The van der Waals surface area contributed by atoms with Crippen LogP contribution in [0.1, 0.15) is 13.8 Å². The number of rotatable bonds is 5. The number of ether oxygens (including phenoxy) is 1. The van der Waals surface area contributed by atoms with Gasteiger partial charge in [0.2, 0.25) is 0 Å². The monoisotopic (exact) mass is 210 g/mol. The van der Waals surface area contributed by atoms with Gasteiger partial charge in [-0.15, -0.1) is 6.42 Å². The number of nitrogens with one attached hydrogen (secondary N) is 1. The van der Waals surface area contributed by atoms with Crippen LogP contribution in [0.25, 0.3) is 0 Å². The second kappa shape index (κ2) is 6.84. The molecule has 0 aromatic carbocycles. The van der Waals surface area contributed by atoms with Crippen molar-refractivity contribution in [2.24, 2.45) is 5.92 Å². The molecule has 0 aromatic heterocycles. The van der Waals surface area contributed by atoms with E-state index in [9.17, 15) is 0 Å². The van der Waals surface area contributed by atoms with Gasteiger partial charge in [0.1, 0.15) is 0 Å². The van der Waals surface area contributed by atoms with E-state index in [-0.39, 0.29) is 0 Å². The molecular formula is C12H22N2O. The van der Waals surface area contributed by atoms with Crippen molar-refractivity contribution < 1.29 is 4.74 Å². The molecule has 1 N–H and O–H groups in total. The molecule has 0 aromatic rings. The van der Waals surface area contributed by atoms with Crippen molar-refractivity contribution in [3.8, 4) is 12.3 Å². The predicted octanol–water partition coefficient (Wildman–Crippen LogP) is 0.566. The third kappa shape index (κ3) is 5.17. The summed E-state index contributed by atoms with van der Waals surface area (Å²) in [5.74, 6) is 3.37. The van der Waals surface area contributed by atoms with E-state index in [1.54, 1.807) is 0 Å². The molecule has 1 atom stereocenters. The first-order chi connectivity index (χ1) is 7.22. The molecule has 0 aliphatic carbocycles. The molecule has 1 rings (SSSR count). The summed E-state index contributed by atoms with van der Waals surface area (Å²) in [4.78, 5) is 2.27. The largest absolute Gasteiger partial charge is 0.374 e. The van der Waals surface area contributed by atoms with Crippen LogP contribution < -0.4 is 5.32 Å². The SMILES string of the molecule is C#CCN1CCOC(CNCC(C)C)C1. The highest BCUT2D eigenvalue weighted by Crippen LogP contribution is 2.03. The normalized spacial score (nSPS) is 22.9. The smallest absolute Gasteiger partial charge is 0.0827 e. The summed E-state index contributed by atoms with van der Waals surface area (Å²) < 4.78 is 5.66. The van der Waals surface area contributed by atoms with Gasteiger partial charge in [0.15, 0.2) is 0 Å². The van der Waals surface area contributed by atoms with Gasteiger partial charge in [0, 0.05) is 19.6 Å². The molecule has 86 valence electrons. The van der Waals surface area contributed by atoms with E-state index < -0.39 is 0 Å². The Kier molecular flexibility index (Phi) is 5.70. The van der Waals surface area contributed by atoms with Crippen molar-refractivity contribution in [3.05, 3.63) is 0 Å². The van der Waals surface area contributed by atoms with Crippen LogP contribution in [-0.2, 0) is 4.74 Å². The molecule has 0 radical (unpaired) electrons. The quantitative estimate of drug-likeness (QED) is 0.671. The molecule has 1 unspecified atom stereocenters. The Morgan fingerprint density at radius 1 is 1.60 bits per heavy atom. The lowest BCUT2D eigenvalue weighted by Gasteiger charge is -2.31. The highest BCUT2D eigenvalue weighted by atomic mass is 16.5. The molecule has 0 spiro atoms. The van der Waals surface area contributed by atoms with Crippen molar-refractivity contribution in [2.45, 2.75) is 20.0 Å². The Hall–Kier alpha value is -0.560. The fourth-order valence-electron chi connectivity index (χ4n) is 1.71. The first-order valence-corrected chi connectivity index (χ1v) is 5.70. The van der Waals surface area contributed by atoms with Gasteiger partial charge in [-0.2, -0.15) is 0 Å². The summed E-state index contributed by atoms with van der Waals surface area (Å²) in [6.45, 7) is 9.85. The lowest BCUT2D eigenvalue weighted by molar-refractivity contribution is -0.0226. The average Bonchev–Trinajstić information content (AvgIpc) is 2.18. The molecule has 3 heteroatoms. The molecule has 1 heterocycles. The van der Waals surface area contributed by atoms with Crippen molar-refractivity contribution in [1.82, 2.24) is 10.2 Å². The van der Waals surface area contributed by atoms with Gasteiger partial charge < -0.3 is 10.1 Å². The van der Waals surface area contributed by atoms with Gasteiger partial charge >= 0.3 is 0 Å². The maximum atomic E-state index is 5.66. The zero-order valence-corrected chi connectivity index (χ0v) is 9.83. The average molecular weight is 210 g/mol. The van der Waals surface area contributed by atoms with Crippen LogP contribution in [0.5, 0.6) is 0 Å². The molecule has 1 saturated heterocycles. The molecule has 1 fully saturated rings. The van der Waals surface area contributed by atoms with Gasteiger partial charge in [-0.1, -0.05) is 19.8 Å². The van der Waals surface area contributed by atoms with E-state index in [0.717, 1.165) is 39.3 Å². The fraction of sp³-hybridized carbons (Fsp3) is 0.833. The van der Waals surface area contributed by atoms with Crippen molar-refractivity contribution >= 4 is 0 Å². The lowest BCUT2D eigenvalue weighted by atomic mass is 10.2. The van der Waals surface area contributed by atoms with Crippen molar-refractivity contribution in [3.63, 3.8) is 0 Å². The van der Waals surface area contributed by atoms with Crippen LogP contribution in [-0.4, -0.2) is 50.3 Å². The van der Waals surface area contributed by atoms with Crippen LogP contribution in [0.2, 0.25) is 0 Å². The minimum atomic E-state index is 0.297. The van der Waals surface area contributed by atoms with E-state index >= 15 is 0 Å². The van der Waals surface area contributed by atoms with Gasteiger partial charge in [-0.3, -0.25) is 4.90 Å². The van der Waals surface area contributed by atoms with Gasteiger partial charge in [-0.25, -0.2) is 0 Å². The summed E-state index contributed by atoms with van der Waals surface area (Å²) in [5, 5.41) is 3.41. The Morgan fingerprint density at radius 2 is 2.40 bits per heavy atom. The van der Waals surface area contributed by atoms with E-state index in [1.807, 2.05) is 0 Å². The Balaban J connectivity index is 2.16. The highest BCUT2D eigenvalue weighted by Gasteiger charge is 2.19. The second-order valence-corrected chi connectivity index (χ2v) is 4.48. The fourth-order valence-corrected chi connectivity index (χ4v) is 1.71. The van der Waals surface area contributed by atoms with Gasteiger partial charge in [-0.05, 0) is 12.5 Å². The van der Waals surface area contributed by atoms with E-state index in [2.05, 4.69) is 30.0 Å². The third-order valence-electron chi connectivity index (χ3n) is 2.46. The maximum absolute atomic E-state index is 5.66. The van der Waals surface area contributed by atoms with Gasteiger partial charge in [0.05, 0.1) is 19.3 Å². The van der Waals surface area contributed by atoms with Crippen LogP contribution in [0.4, 0.5) is 0 Å². The van der Waals surface area contributed by atoms with E-state index in [1.165, 1.54) is 0 Å². The summed E-state index contributed by atoms with van der Waals surface area (Å²) in [6.07, 6.45) is 5.59. The van der Waals surface area contributed by atoms with Crippen LogP contribution in [0.3, 0.4) is 0 Å². The number of nitrogens with zero attached hydrogens (tertiary/aromatic N) is 1. The Labute approximate surface area is 93.2 Å². The molecule has 3 nitrogen and oxygen atoms in total. The molecule has 0 bridgehead atoms. The minimum Gasteiger partial charge on any atom is -0.374 e. The van der Waals surface area contributed by atoms with Crippen LogP contribution in [0.15, 0.2) is 0 Å². The second-order valence-electron chi connectivity index (χ2n) is 4.48. The third-order valence-corrected chi connectivity index (χ3v) is 2.46. The standard InChI is InChI=1S/C12H22N2O/c1-4-5-14-6-7-15-12(10-14)9-13-8-11(2)3/h1,11-13H,5-10H2,2-3H3. The molecule has 0 saturated carbocycles. The van der Waals surface area contributed by atoms with E-state index in [4.69, 9.17) is 11.2 Å². The van der Waals surface area contributed by atoms with Crippen LogP contribution in [0, 0.1) is 18.3 Å². The molecule has 15 heavy (non-hydrogen) atoms. The topological polar surface area (TPSA) is 24.5 Å². The number of hydrogen-bond donors (Lipinski definition) is 1. The minimum absolute atomic E-state index is 0.297. The summed E-state index contributed by atoms with van der Waals surface area (Å²) in [7, 11) is 0. The first kappa shape index (κ1) is 12.5. The summed E-state index contributed by atoms with van der Waals surface area (Å²) in [6, 6.07) is 0. The zero-order valence-electron chi connectivity index (χ0n) is 9.83. The first-order valence-electron chi connectivity index (χ1n) is 5.70. The van der Waals surface area contributed by atoms with Crippen molar-refractivity contribution in [2.75, 3.05) is 39.3 Å². The summed E-state index contributed by atoms with van der Waals surface area (Å²) in [5.41, 5.74) is 0. The number of hydrogen-bond acceptors (Lipinski definition) is 3. The van der Waals surface area contributed by atoms with Crippen LogP contribution >= 0.6 is 0 Å². The zero-order chi connectivity index (χ0) is 11.1. The Bertz CT molecular complexity index is 210. The molecular weight excluding hydrogens is 188 g/mol. The number of terminal acetylenes is 1. The van der Waals surface area contributed by atoms with E-state index in [0.29, 0.717) is 12.0 Å². The summed E-state index contributed by atoms with van der Waals surface area (Å²) >= 11 is 0. The molecule has 1 aliphatic rings. The van der Waals surface area contributed by atoms with Gasteiger partial charge in [0.25, 0.3) is 0 Å². The highest BCUT2D eigenvalue weighted by molar-refractivity contribution is 4.89. The predicted molar refractivity (Wildman–Crippen MR) is 62.7 cm³/mol. The Morgan fingerprint density at radius 3 is 3.07 bits per heavy atom. The lowest BCUT2D eigenvalue weighted by Crippen LogP contribution is -2.47. The number of morpholine rings is 1. The maximum Gasteiger partial charge on any atom is 0.0827 e. The molecule has 0 amide bonds.